The molecule has 0 amide bonds. The minimum atomic E-state index is 0.635. The van der Waals surface area contributed by atoms with Crippen LogP contribution in [0.2, 0.25) is 0 Å². The topological polar surface area (TPSA) is 3.01 Å². The number of nitrogens with zero attached hydrogens (tertiary/aromatic N) is 1. The number of hydrogen-bond acceptors (Lipinski definition) is 0. The molecule has 0 spiro atoms. The molecule has 0 aromatic carbocycles. The summed E-state index contributed by atoms with van der Waals surface area (Å²) in [5.41, 5.74) is 1.43. The summed E-state index contributed by atoms with van der Waals surface area (Å²) in [5.74, 6) is 0.635. The lowest BCUT2D eigenvalue weighted by atomic mass is 9.91. The summed E-state index contributed by atoms with van der Waals surface area (Å²) in [6.07, 6.45) is 14.2. The van der Waals surface area contributed by atoms with Crippen molar-refractivity contribution in [3.8, 4) is 0 Å². The van der Waals surface area contributed by atoms with Gasteiger partial charge >= 0.3 is 0 Å². The van der Waals surface area contributed by atoms with E-state index in [9.17, 15) is 0 Å². The lowest BCUT2D eigenvalue weighted by molar-refractivity contribution is -0.421. The van der Waals surface area contributed by atoms with E-state index in [0.29, 0.717) is 5.92 Å². The molecule has 0 saturated carbocycles. The molecule has 1 aliphatic carbocycles. The average molecular weight is 146 g/mol. The molecule has 2 rings (SSSR count). The van der Waals surface area contributed by atoms with Gasteiger partial charge in [-0.2, -0.15) is 0 Å². The molecule has 1 aliphatic heterocycles. The number of fused-ring (bicyclic) bond motifs is 1. The minimum absolute atomic E-state index is 0.635. The maximum absolute atomic E-state index is 2.26. The Balaban J connectivity index is 2.33. The van der Waals surface area contributed by atoms with Crippen molar-refractivity contribution < 1.29 is 4.58 Å². The van der Waals surface area contributed by atoms with Gasteiger partial charge in [0.1, 0.15) is 13.3 Å². The van der Waals surface area contributed by atoms with Crippen LogP contribution in [0.3, 0.4) is 0 Å². The van der Waals surface area contributed by atoms with Crippen LogP contribution in [-0.4, -0.2) is 17.8 Å². The van der Waals surface area contributed by atoms with Gasteiger partial charge in [-0.3, -0.25) is 0 Å². The van der Waals surface area contributed by atoms with Crippen LogP contribution < -0.4 is 0 Å². The first kappa shape index (κ1) is 6.59. The second-order valence-electron chi connectivity index (χ2n) is 3.06. The average Bonchev–Trinajstić information content (AvgIpc) is 2.04. The Kier molecular flexibility index (Phi) is 1.50. The van der Waals surface area contributed by atoms with E-state index in [2.05, 4.69) is 48.3 Å². The lowest BCUT2D eigenvalue weighted by Gasteiger charge is -2.15. The fourth-order valence-corrected chi connectivity index (χ4v) is 1.52. The molecule has 11 heavy (non-hydrogen) atoms. The van der Waals surface area contributed by atoms with Crippen molar-refractivity contribution >= 4 is 6.21 Å². The predicted molar refractivity (Wildman–Crippen MR) is 46.7 cm³/mol. The van der Waals surface area contributed by atoms with E-state index in [1.54, 1.807) is 0 Å². The Morgan fingerprint density at radius 1 is 1.45 bits per heavy atom. The third-order valence-corrected chi connectivity index (χ3v) is 2.17. The second kappa shape index (κ2) is 2.50. The summed E-state index contributed by atoms with van der Waals surface area (Å²) >= 11 is 0. The first-order valence-corrected chi connectivity index (χ1v) is 3.98. The molecular formula is C10H12N+. The zero-order chi connectivity index (χ0) is 7.68. The van der Waals surface area contributed by atoms with Gasteiger partial charge in [-0.25, -0.2) is 4.58 Å². The lowest BCUT2D eigenvalue weighted by Crippen LogP contribution is -2.14. The molecule has 1 nitrogen and oxygen atoms in total. The summed E-state index contributed by atoms with van der Waals surface area (Å²) in [7, 11) is 2.08. The SMILES string of the molecule is C[N+]1=CCC2C=CC=CC2=C1. The molecule has 0 saturated heterocycles. The Morgan fingerprint density at radius 3 is 3.27 bits per heavy atom. The third-order valence-electron chi connectivity index (χ3n) is 2.17. The van der Waals surface area contributed by atoms with E-state index in [0.717, 1.165) is 6.42 Å². The minimum Gasteiger partial charge on any atom is -0.211 e. The quantitative estimate of drug-likeness (QED) is 0.458. The van der Waals surface area contributed by atoms with Crippen molar-refractivity contribution in [3.63, 3.8) is 0 Å². The molecule has 56 valence electrons. The van der Waals surface area contributed by atoms with Gasteiger partial charge in [-0.15, -0.1) is 0 Å². The Morgan fingerprint density at radius 2 is 2.36 bits per heavy atom. The Bertz CT molecular complexity index is 279. The molecule has 0 radical (unpaired) electrons. The smallest absolute Gasteiger partial charge is 0.172 e. The van der Waals surface area contributed by atoms with Crippen LogP contribution in [0.5, 0.6) is 0 Å². The highest BCUT2D eigenvalue weighted by molar-refractivity contribution is 5.56. The van der Waals surface area contributed by atoms with Gasteiger partial charge in [0.25, 0.3) is 0 Å². The van der Waals surface area contributed by atoms with Gasteiger partial charge in [0, 0.05) is 17.9 Å². The summed E-state index contributed by atoms with van der Waals surface area (Å²) in [6, 6.07) is 0. The van der Waals surface area contributed by atoms with Gasteiger partial charge in [-0.05, 0) is 0 Å². The van der Waals surface area contributed by atoms with E-state index < -0.39 is 0 Å². The van der Waals surface area contributed by atoms with Crippen LogP contribution in [0.25, 0.3) is 0 Å². The van der Waals surface area contributed by atoms with Gasteiger partial charge in [0.05, 0.1) is 0 Å². The summed E-state index contributed by atoms with van der Waals surface area (Å²) in [5, 5.41) is 0. The van der Waals surface area contributed by atoms with Crippen molar-refractivity contribution in [1.82, 2.24) is 0 Å². The molecule has 1 heterocycles. The molecule has 0 aromatic heterocycles. The molecule has 1 atom stereocenters. The fraction of sp³-hybridized carbons (Fsp3) is 0.300. The van der Waals surface area contributed by atoms with Crippen molar-refractivity contribution in [2.24, 2.45) is 5.92 Å². The molecular weight excluding hydrogens is 134 g/mol. The van der Waals surface area contributed by atoms with Crippen LogP contribution in [0.1, 0.15) is 6.42 Å². The molecule has 0 bridgehead atoms. The summed E-state index contributed by atoms with van der Waals surface area (Å²) in [6.45, 7) is 0. The number of allylic oxidation sites excluding steroid dienone is 5. The van der Waals surface area contributed by atoms with Gasteiger partial charge in [0.15, 0.2) is 6.20 Å². The highest BCUT2D eigenvalue weighted by Crippen LogP contribution is 2.23. The highest BCUT2D eigenvalue weighted by atomic mass is 14.9. The standard InChI is InChI=1S/C10H12N/c1-11-7-6-9-4-2-3-5-10(9)8-11/h2-5,7-9H,6H2,1H3/q+1. The van der Waals surface area contributed by atoms with E-state index in [4.69, 9.17) is 0 Å². The first-order chi connectivity index (χ1) is 5.36. The summed E-state index contributed by atoms with van der Waals surface area (Å²) in [4.78, 5) is 0. The third kappa shape index (κ3) is 1.18. The molecule has 0 aromatic rings. The molecule has 1 unspecified atom stereocenters. The van der Waals surface area contributed by atoms with Crippen molar-refractivity contribution in [1.29, 1.82) is 0 Å². The molecule has 0 N–H and O–H groups in total. The zero-order valence-corrected chi connectivity index (χ0v) is 6.70. The van der Waals surface area contributed by atoms with Crippen molar-refractivity contribution in [2.75, 3.05) is 7.05 Å². The maximum atomic E-state index is 2.26. The highest BCUT2D eigenvalue weighted by Gasteiger charge is 2.17. The van der Waals surface area contributed by atoms with Crippen LogP contribution in [-0.2, 0) is 0 Å². The predicted octanol–water partition coefficient (Wildman–Crippen LogP) is 1.73. The van der Waals surface area contributed by atoms with Crippen LogP contribution >= 0.6 is 0 Å². The number of hydrogen-bond donors (Lipinski definition) is 0. The monoisotopic (exact) mass is 146 g/mol. The molecule has 2 aliphatic rings. The van der Waals surface area contributed by atoms with Gasteiger partial charge in [-0.1, -0.05) is 24.3 Å². The van der Waals surface area contributed by atoms with Gasteiger partial charge in [0.2, 0.25) is 0 Å². The summed E-state index contributed by atoms with van der Waals surface area (Å²) < 4.78 is 2.13. The molecule has 0 fully saturated rings. The van der Waals surface area contributed by atoms with Crippen molar-refractivity contribution in [2.45, 2.75) is 6.42 Å². The van der Waals surface area contributed by atoms with Crippen LogP contribution in [0, 0.1) is 5.92 Å². The Labute approximate surface area is 67.0 Å². The van der Waals surface area contributed by atoms with Crippen LogP contribution in [0.4, 0.5) is 0 Å². The molecule has 1 heteroatoms. The number of rotatable bonds is 0. The first-order valence-electron chi connectivity index (χ1n) is 3.98. The second-order valence-corrected chi connectivity index (χ2v) is 3.06. The normalized spacial score (nSPS) is 27.5. The van der Waals surface area contributed by atoms with E-state index in [1.165, 1.54) is 5.57 Å². The van der Waals surface area contributed by atoms with Crippen molar-refractivity contribution in [3.05, 3.63) is 36.1 Å². The zero-order valence-electron chi connectivity index (χ0n) is 6.70. The Hall–Kier alpha value is -1.11. The van der Waals surface area contributed by atoms with Gasteiger partial charge < -0.3 is 0 Å². The van der Waals surface area contributed by atoms with E-state index in [-0.39, 0.29) is 0 Å². The van der Waals surface area contributed by atoms with E-state index in [1.807, 2.05) is 0 Å². The van der Waals surface area contributed by atoms with E-state index >= 15 is 0 Å². The fourth-order valence-electron chi connectivity index (χ4n) is 1.52. The van der Waals surface area contributed by atoms with Crippen LogP contribution in [0.15, 0.2) is 36.1 Å². The largest absolute Gasteiger partial charge is 0.211 e. The maximum Gasteiger partial charge on any atom is 0.172 e.